The summed E-state index contributed by atoms with van der Waals surface area (Å²) in [5.41, 5.74) is 9.32. The number of nitrogens with zero attached hydrogens (tertiary/aromatic N) is 2. The maximum absolute atomic E-state index is 11.6. The lowest BCUT2D eigenvalue weighted by Crippen LogP contribution is -2.39. The van der Waals surface area contributed by atoms with Crippen LogP contribution in [-0.2, 0) is 20.9 Å². The summed E-state index contributed by atoms with van der Waals surface area (Å²) in [7, 11) is 1.61. The van der Waals surface area contributed by atoms with Crippen LogP contribution in [-0.4, -0.2) is 70.1 Å². The number of nitrogens with one attached hydrogen (secondary N) is 2. The first-order chi connectivity index (χ1) is 19.9. The second-order valence-electron chi connectivity index (χ2n) is 10.9. The summed E-state index contributed by atoms with van der Waals surface area (Å²) in [4.78, 5) is 39.3. The number of piperidine rings is 2. The lowest BCUT2D eigenvalue weighted by molar-refractivity contribution is -0.120. The topological polar surface area (TPSA) is 117 Å². The fraction of sp³-hybridized carbons (Fsp3) is 0.516. The van der Waals surface area contributed by atoms with Gasteiger partial charge in [-0.15, -0.1) is 0 Å². The van der Waals surface area contributed by atoms with E-state index in [0.29, 0.717) is 30.9 Å². The van der Waals surface area contributed by atoms with Crippen molar-refractivity contribution in [1.29, 1.82) is 0 Å². The van der Waals surface area contributed by atoms with Crippen LogP contribution >= 0.6 is 15.9 Å². The molecule has 0 spiro atoms. The quantitative estimate of drug-likeness (QED) is 0.290. The molecule has 4 rings (SSSR count). The summed E-state index contributed by atoms with van der Waals surface area (Å²) in [6, 6.07) is 13.4. The van der Waals surface area contributed by atoms with Gasteiger partial charge in [0.2, 0.25) is 11.8 Å². The molecule has 2 aromatic rings. The van der Waals surface area contributed by atoms with Crippen molar-refractivity contribution in [2.75, 3.05) is 49.6 Å². The Bertz CT molecular complexity index is 1160. The van der Waals surface area contributed by atoms with Gasteiger partial charge in [0.25, 0.3) is 0 Å². The minimum absolute atomic E-state index is 0.0638. The molecule has 2 aliphatic heterocycles. The molecule has 0 saturated carbocycles. The Morgan fingerprint density at radius 3 is 2.37 bits per heavy atom. The van der Waals surface area contributed by atoms with E-state index in [9.17, 15) is 14.4 Å². The Morgan fingerprint density at radius 2 is 1.73 bits per heavy atom. The summed E-state index contributed by atoms with van der Waals surface area (Å²) >= 11 is 3.71. The number of ether oxygens (including phenoxy) is 1. The molecule has 2 aromatic carbocycles. The molecule has 41 heavy (non-hydrogen) atoms. The van der Waals surface area contributed by atoms with Gasteiger partial charge in [0.1, 0.15) is 6.29 Å². The number of hydrogen-bond acceptors (Lipinski definition) is 7. The standard InChI is InChI=1S/C31H42BrN5O4/c1-34-30(39)10-7-24(20-38)35-19-27-28(32)3-2-4-29(27)37-15-11-22(12-16-37)21-41-26-13-17-36(18-14-26)25-8-5-23(6-9-25)31(33)40/h2-6,8-9,20,22,24,26,35H,7,10-19,21H2,1H3,(H2,33,40)(H,34,39). The molecule has 0 bridgehead atoms. The van der Waals surface area contributed by atoms with Gasteiger partial charge in [-0.25, -0.2) is 0 Å². The first kappa shape index (κ1) is 31.0. The average molecular weight is 629 g/mol. The number of carbonyl (C=O) groups is 3. The van der Waals surface area contributed by atoms with E-state index in [1.54, 1.807) is 19.2 Å². The van der Waals surface area contributed by atoms with E-state index < -0.39 is 5.91 Å². The molecule has 10 heteroatoms. The molecule has 2 heterocycles. The Kier molecular flexibility index (Phi) is 11.6. The third-order valence-corrected chi connectivity index (χ3v) is 8.99. The average Bonchev–Trinajstić information content (AvgIpc) is 3.01. The smallest absolute Gasteiger partial charge is 0.248 e. The minimum atomic E-state index is -0.401. The molecule has 222 valence electrons. The molecule has 9 nitrogen and oxygen atoms in total. The molecule has 0 aromatic heterocycles. The Labute approximate surface area is 251 Å². The van der Waals surface area contributed by atoms with Crippen LogP contribution in [0.15, 0.2) is 46.9 Å². The molecule has 2 aliphatic rings. The van der Waals surface area contributed by atoms with Crippen molar-refractivity contribution < 1.29 is 19.1 Å². The predicted molar refractivity (Wildman–Crippen MR) is 165 cm³/mol. The summed E-state index contributed by atoms with van der Waals surface area (Å²) in [6.45, 7) is 5.15. The van der Waals surface area contributed by atoms with E-state index in [1.165, 1.54) is 5.69 Å². The highest BCUT2D eigenvalue weighted by Crippen LogP contribution is 2.32. The second-order valence-corrected chi connectivity index (χ2v) is 11.8. The predicted octanol–water partition coefficient (Wildman–Crippen LogP) is 3.63. The molecule has 1 atom stereocenters. The second kappa shape index (κ2) is 15.3. The van der Waals surface area contributed by atoms with Gasteiger partial charge in [0, 0.05) is 79.8 Å². The maximum atomic E-state index is 11.6. The first-order valence-corrected chi connectivity index (χ1v) is 15.3. The van der Waals surface area contributed by atoms with Crippen LogP contribution in [0.2, 0.25) is 0 Å². The van der Waals surface area contributed by atoms with E-state index in [1.807, 2.05) is 18.2 Å². The SMILES string of the molecule is CNC(=O)CCC(C=O)NCc1c(Br)cccc1N1CCC(COC2CCN(c3ccc(C(N)=O)cc3)CC2)CC1. The van der Waals surface area contributed by atoms with E-state index >= 15 is 0 Å². The van der Waals surface area contributed by atoms with Crippen LogP contribution in [0.4, 0.5) is 11.4 Å². The number of benzene rings is 2. The van der Waals surface area contributed by atoms with Crippen molar-refractivity contribution in [2.45, 2.75) is 57.2 Å². The molecule has 2 fully saturated rings. The Hall–Kier alpha value is -2.95. The lowest BCUT2D eigenvalue weighted by atomic mass is 9.96. The van der Waals surface area contributed by atoms with Gasteiger partial charge in [-0.2, -0.15) is 0 Å². The van der Waals surface area contributed by atoms with Gasteiger partial charge in [0.15, 0.2) is 0 Å². The number of halogens is 1. The van der Waals surface area contributed by atoms with Crippen molar-refractivity contribution in [2.24, 2.45) is 11.7 Å². The van der Waals surface area contributed by atoms with Crippen molar-refractivity contribution in [1.82, 2.24) is 10.6 Å². The minimum Gasteiger partial charge on any atom is -0.378 e. The Morgan fingerprint density at radius 1 is 1.05 bits per heavy atom. The molecule has 2 amide bonds. The van der Waals surface area contributed by atoms with Gasteiger partial charge < -0.3 is 35.7 Å². The number of rotatable bonds is 13. The van der Waals surface area contributed by atoms with Crippen LogP contribution in [0.5, 0.6) is 0 Å². The first-order valence-electron chi connectivity index (χ1n) is 14.6. The normalized spacial score (nSPS) is 17.3. The summed E-state index contributed by atoms with van der Waals surface area (Å²) in [5.74, 6) is 0.0804. The molecular formula is C31H42BrN5O4. The zero-order valence-corrected chi connectivity index (χ0v) is 25.4. The third-order valence-electron chi connectivity index (χ3n) is 8.24. The molecule has 0 radical (unpaired) electrons. The van der Waals surface area contributed by atoms with E-state index in [2.05, 4.69) is 48.5 Å². The Balaban J connectivity index is 1.21. The highest BCUT2D eigenvalue weighted by molar-refractivity contribution is 9.10. The number of nitrogens with two attached hydrogens (primary N) is 1. The largest absolute Gasteiger partial charge is 0.378 e. The molecular weight excluding hydrogens is 586 g/mol. The van der Waals surface area contributed by atoms with E-state index in [-0.39, 0.29) is 18.1 Å². The molecule has 0 aliphatic carbocycles. The van der Waals surface area contributed by atoms with E-state index in [4.69, 9.17) is 10.5 Å². The number of amides is 2. The number of hydrogen-bond donors (Lipinski definition) is 3. The lowest BCUT2D eigenvalue weighted by Gasteiger charge is -2.37. The zero-order chi connectivity index (χ0) is 29.2. The van der Waals surface area contributed by atoms with Crippen molar-refractivity contribution in [3.63, 3.8) is 0 Å². The number of primary amides is 1. The summed E-state index contributed by atoms with van der Waals surface area (Å²) in [5, 5.41) is 5.93. The van der Waals surface area contributed by atoms with Crippen LogP contribution < -0.4 is 26.2 Å². The summed E-state index contributed by atoms with van der Waals surface area (Å²) < 4.78 is 7.39. The van der Waals surface area contributed by atoms with E-state index in [0.717, 1.165) is 80.5 Å². The highest BCUT2D eigenvalue weighted by Gasteiger charge is 2.25. The van der Waals surface area contributed by atoms with Gasteiger partial charge in [-0.05, 0) is 74.4 Å². The van der Waals surface area contributed by atoms with Crippen molar-refractivity contribution in [3.8, 4) is 0 Å². The van der Waals surface area contributed by atoms with Gasteiger partial charge in [-0.3, -0.25) is 9.59 Å². The van der Waals surface area contributed by atoms with Crippen LogP contribution in [0.3, 0.4) is 0 Å². The monoisotopic (exact) mass is 627 g/mol. The highest BCUT2D eigenvalue weighted by atomic mass is 79.9. The number of aldehydes is 1. The third kappa shape index (κ3) is 8.77. The van der Waals surface area contributed by atoms with Gasteiger partial charge >= 0.3 is 0 Å². The van der Waals surface area contributed by atoms with Crippen LogP contribution in [0.1, 0.15) is 54.4 Å². The zero-order valence-electron chi connectivity index (χ0n) is 23.8. The fourth-order valence-corrected chi connectivity index (χ4v) is 6.11. The maximum Gasteiger partial charge on any atom is 0.248 e. The summed E-state index contributed by atoms with van der Waals surface area (Å²) in [6.07, 6.45) is 6.10. The molecule has 4 N–H and O–H groups in total. The van der Waals surface area contributed by atoms with Crippen LogP contribution in [0, 0.1) is 5.92 Å². The molecule has 1 unspecified atom stereocenters. The number of anilines is 2. The number of carbonyl (C=O) groups excluding carboxylic acids is 3. The van der Waals surface area contributed by atoms with Gasteiger partial charge in [-0.1, -0.05) is 22.0 Å². The fourth-order valence-electron chi connectivity index (χ4n) is 5.61. The van der Waals surface area contributed by atoms with Crippen molar-refractivity contribution in [3.05, 3.63) is 58.1 Å². The van der Waals surface area contributed by atoms with Crippen LogP contribution in [0.25, 0.3) is 0 Å². The molecule has 2 saturated heterocycles. The van der Waals surface area contributed by atoms with Gasteiger partial charge in [0.05, 0.1) is 12.1 Å². The van der Waals surface area contributed by atoms with Crippen molar-refractivity contribution >= 4 is 45.4 Å².